The summed E-state index contributed by atoms with van der Waals surface area (Å²) in [5.41, 5.74) is 2.91. The van der Waals surface area contributed by atoms with Crippen molar-refractivity contribution in [1.29, 1.82) is 0 Å². The molecule has 1 saturated carbocycles. The van der Waals surface area contributed by atoms with Crippen molar-refractivity contribution < 1.29 is 0 Å². The molecular weight excluding hydrogens is 168 g/mol. The molecule has 0 aliphatic heterocycles. The van der Waals surface area contributed by atoms with Gasteiger partial charge in [-0.05, 0) is 36.6 Å². The lowest BCUT2D eigenvalue weighted by Crippen LogP contribution is -2.38. The van der Waals surface area contributed by atoms with E-state index in [-0.39, 0.29) is 0 Å². The lowest BCUT2D eigenvalue weighted by Gasteiger charge is -2.12. The molecule has 3 heteroatoms. The minimum atomic E-state index is 0.503. The lowest BCUT2D eigenvalue weighted by atomic mass is 10.1. The third-order valence-corrected chi connectivity index (χ3v) is 3.31. The summed E-state index contributed by atoms with van der Waals surface area (Å²) in [6.07, 6.45) is 3.79. The van der Waals surface area contributed by atoms with Gasteiger partial charge in [0, 0.05) is 10.9 Å². The fourth-order valence-electron chi connectivity index (χ4n) is 1.51. The fourth-order valence-corrected chi connectivity index (χ4v) is 2.27. The van der Waals surface area contributed by atoms with E-state index in [1.165, 1.54) is 17.7 Å². The third kappa shape index (κ3) is 1.86. The first-order chi connectivity index (χ1) is 5.90. The van der Waals surface area contributed by atoms with Crippen LogP contribution in [0.1, 0.15) is 17.7 Å². The second kappa shape index (κ2) is 3.56. The largest absolute Gasteiger partial charge is 0.271 e. The average Bonchev–Trinajstić information content (AvgIpc) is 2.80. The van der Waals surface area contributed by atoms with Gasteiger partial charge in [-0.1, -0.05) is 6.07 Å². The molecule has 0 aromatic carbocycles. The molecule has 0 spiro atoms. The Kier molecular flexibility index (Phi) is 2.44. The Balaban J connectivity index is 1.91. The van der Waals surface area contributed by atoms with Crippen LogP contribution in [0.3, 0.4) is 0 Å². The SMILES string of the molecule is NNC(Cc1cccs1)C1CC1. The van der Waals surface area contributed by atoms with Crippen molar-refractivity contribution in [3.05, 3.63) is 22.4 Å². The van der Waals surface area contributed by atoms with Crippen molar-refractivity contribution in [3.8, 4) is 0 Å². The third-order valence-electron chi connectivity index (χ3n) is 2.41. The lowest BCUT2D eigenvalue weighted by molar-refractivity contribution is 0.475. The molecule has 0 bridgehead atoms. The second-order valence-electron chi connectivity index (χ2n) is 3.39. The molecule has 66 valence electrons. The number of thiophene rings is 1. The van der Waals surface area contributed by atoms with Crippen LogP contribution in [0.5, 0.6) is 0 Å². The van der Waals surface area contributed by atoms with Crippen LogP contribution in [-0.4, -0.2) is 6.04 Å². The van der Waals surface area contributed by atoms with E-state index >= 15 is 0 Å². The maximum absolute atomic E-state index is 5.48. The first kappa shape index (κ1) is 8.23. The van der Waals surface area contributed by atoms with Crippen LogP contribution in [0.25, 0.3) is 0 Å². The number of hydrogen-bond donors (Lipinski definition) is 2. The summed E-state index contributed by atoms with van der Waals surface area (Å²) in [6.45, 7) is 0. The summed E-state index contributed by atoms with van der Waals surface area (Å²) in [4.78, 5) is 1.44. The fraction of sp³-hybridized carbons (Fsp3) is 0.556. The Hall–Kier alpha value is -0.380. The second-order valence-corrected chi connectivity index (χ2v) is 4.43. The highest BCUT2D eigenvalue weighted by Gasteiger charge is 2.30. The van der Waals surface area contributed by atoms with Crippen LogP contribution in [-0.2, 0) is 6.42 Å². The van der Waals surface area contributed by atoms with Gasteiger partial charge in [0.1, 0.15) is 0 Å². The quantitative estimate of drug-likeness (QED) is 0.547. The first-order valence-electron chi connectivity index (χ1n) is 4.38. The Morgan fingerprint density at radius 1 is 1.67 bits per heavy atom. The van der Waals surface area contributed by atoms with Gasteiger partial charge in [-0.15, -0.1) is 11.3 Å². The van der Waals surface area contributed by atoms with Crippen LogP contribution in [0.4, 0.5) is 0 Å². The van der Waals surface area contributed by atoms with E-state index in [4.69, 9.17) is 5.84 Å². The van der Waals surface area contributed by atoms with E-state index in [2.05, 4.69) is 22.9 Å². The van der Waals surface area contributed by atoms with E-state index < -0.39 is 0 Å². The summed E-state index contributed by atoms with van der Waals surface area (Å²) >= 11 is 1.82. The van der Waals surface area contributed by atoms with Gasteiger partial charge in [0.25, 0.3) is 0 Å². The van der Waals surface area contributed by atoms with Gasteiger partial charge in [-0.25, -0.2) is 0 Å². The van der Waals surface area contributed by atoms with E-state index in [0.717, 1.165) is 12.3 Å². The summed E-state index contributed by atoms with van der Waals surface area (Å²) in [7, 11) is 0. The molecule has 2 rings (SSSR count). The number of rotatable bonds is 4. The highest BCUT2D eigenvalue weighted by molar-refractivity contribution is 7.09. The molecule has 1 aliphatic rings. The maximum Gasteiger partial charge on any atom is 0.0286 e. The van der Waals surface area contributed by atoms with Crippen molar-refractivity contribution in [2.45, 2.75) is 25.3 Å². The van der Waals surface area contributed by atoms with Gasteiger partial charge in [0.2, 0.25) is 0 Å². The van der Waals surface area contributed by atoms with Crippen molar-refractivity contribution in [2.75, 3.05) is 0 Å². The van der Waals surface area contributed by atoms with Crippen LogP contribution < -0.4 is 11.3 Å². The topological polar surface area (TPSA) is 38.0 Å². The molecule has 0 saturated heterocycles. The molecule has 1 aromatic rings. The van der Waals surface area contributed by atoms with Crippen molar-refractivity contribution in [2.24, 2.45) is 11.8 Å². The van der Waals surface area contributed by atoms with E-state index in [0.29, 0.717) is 6.04 Å². The normalized spacial score (nSPS) is 19.4. The monoisotopic (exact) mass is 182 g/mol. The van der Waals surface area contributed by atoms with E-state index in [1.807, 2.05) is 11.3 Å². The van der Waals surface area contributed by atoms with Crippen molar-refractivity contribution in [3.63, 3.8) is 0 Å². The molecule has 1 unspecified atom stereocenters. The molecule has 1 atom stereocenters. The van der Waals surface area contributed by atoms with Gasteiger partial charge < -0.3 is 0 Å². The zero-order valence-corrected chi connectivity index (χ0v) is 7.81. The van der Waals surface area contributed by atoms with Crippen molar-refractivity contribution >= 4 is 11.3 Å². The number of hydrazine groups is 1. The first-order valence-corrected chi connectivity index (χ1v) is 5.26. The zero-order chi connectivity index (χ0) is 8.39. The highest BCUT2D eigenvalue weighted by atomic mass is 32.1. The van der Waals surface area contributed by atoms with Crippen LogP contribution in [0.15, 0.2) is 17.5 Å². The molecule has 1 aromatic heterocycles. The molecule has 12 heavy (non-hydrogen) atoms. The maximum atomic E-state index is 5.48. The van der Waals surface area contributed by atoms with Gasteiger partial charge in [-0.3, -0.25) is 11.3 Å². The standard InChI is InChI=1S/C9H14N2S/c10-11-9(7-3-4-7)6-8-2-1-5-12-8/h1-2,5,7,9,11H,3-4,6,10H2. The Morgan fingerprint density at radius 3 is 3.00 bits per heavy atom. The Bertz CT molecular complexity index is 229. The molecule has 2 nitrogen and oxygen atoms in total. The molecule has 0 radical (unpaired) electrons. The predicted molar refractivity (Wildman–Crippen MR) is 51.9 cm³/mol. The van der Waals surface area contributed by atoms with Crippen LogP contribution >= 0.6 is 11.3 Å². The van der Waals surface area contributed by atoms with E-state index in [1.54, 1.807) is 0 Å². The summed E-state index contributed by atoms with van der Waals surface area (Å²) in [6, 6.07) is 4.78. The summed E-state index contributed by atoms with van der Waals surface area (Å²) < 4.78 is 0. The average molecular weight is 182 g/mol. The minimum absolute atomic E-state index is 0.503. The minimum Gasteiger partial charge on any atom is -0.271 e. The molecule has 1 heterocycles. The number of nitrogens with two attached hydrogens (primary N) is 1. The van der Waals surface area contributed by atoms with Gasteiger partial charge >= 0.3 is 0 Å². The number of hydrogen-bond acceptors (Lipinski definition) is 3. The predicted octanol–water partition coefficient (Wildman–Crippen LogP) is 1.53. The van der Waals surface area contributed by atoms with Gasteiger partial charge in [0.15, 0.2) is 0 Å². The van der Waals surface area contributed by atoms with E-state index in [9.17, 15) is 0 Å². The van der Waals surface area contributed by atoms with Crippen molar-refractivity contribution in [1.82, 2.24) is 5.43 Å². The smallest absolute Gasteiger partial charge is 0.0286 e. The molecular formula is C9H14N2S. The molecule has 0 amide bonds. The van der Waals surface area contributed by atoms with Crippen LogP contribution in [0.2, 0.25) is 0 Å². The summed E-state index contributed by atoms with van der Waals surface area (Å²) in [5, 5.41) is 2.12. The van der Waals surface area contributed by atoms with Gasteiger partial charge in [-0.2, -0.15) is 0 Å². The molecule has 1 aliphatic carbocycles. The molecule has 1 fully saturated rings. The zero-order valence-electron chi connectivity index (χ0n) is 6.99. The van der Waals surface area contributed by atoms with Gasteiger partial charge in [0.05, 0.1) is 0 Å². The molecule has 3 N–H and O–H groups in total. The Labute approximate surface area is 76.8 Å². The highest BCUT2D eigenvalue weighted by Crippen LogP contribution is 2.34. The summed E-state index contributed by atoms with van der Waals surface area (Å²) in [5.74, 6) is 6.32. The Morgan fingerprint density at radius 2 is 2.50 bits per heavy atom. The van der Waals surface area contributed by atoms with Crippen LogP contribution in [0, 0.1) is 5.92 Å². The number of nitrogens with one attached hydrogen (secondary N) is 1.